The fraction of sp³-hybridized carbons (Fsp3) is 0.300. The van der Waals surface area contributed by atoms with Crippen molar-refractivity contribution >= 4 is 5.78 Å². The molecule has 1 aromatic carbocycles. The van der Waals surface area contributed by atoms with E-state index in [9.17, 15) is 13.6 Å². The van der Waals surface area contributed by atoms with Crippen molar-refractivity contribution in [2.75, 3.05) is 6.61 Å². The molecule has 0 atom stereocenters. The number of rotatable bonds is 4. The van der Waals surface area contributed by atoms with Gasteiger partial charge in [0, 0.05) is 6.42 Å². The maximum Gasteiger partial charge on any atom is 0.200 e. The fourth-order valence-electron chi connectivity index (χ4n) is 0.900. The van der Waals surface area contributed by atoms with E-state index in [0.29, 0.717) is 0 Å². The number of carbonyl (C=O) groups is 1. The Balaban J connectivity index is 2.59. The Bertz CT molecular complexity index is 337. The van der Waals surface area contributed by atoms with Crippen LogP contribution in [-0.2, 0) is 4.79 Å². The molecular weight excluding hydrogens is 190 g/mol. The first-order chi connectivity index (χ1) is 6.61. The number of benzene rings is 1. The molecule has 0 radical (unpaired) electrons. The van der Waals surface area contributed by atoms with E-state index >= 15 is 0 Å². The number of ketones is 1. The van der Waals surface area contributed by atoms with Crippen LogP contribution in [-0.4, -0.2) is 12.4 Å². The largest absolute Gasteiger partial charge is 0.490 e. The van der Waals surface area contributed by atoms with Crippen LogP contribution in [0, 0.1) is 11.6 Å². The Labute approximate surface area is 80.5 Å². The minimum Gasteiger partial charge on any atom is -0.490 e. The Kier molecular flexibility index (Phi) is 3.56. The second-order valence-corrected chi connectivity index (χ2v) is 2.85. The molecule has 1 rings (SSSR count). The smallest absolute Gasteiger partial charge is 0.200 e. The molecule has 76 valence electrons. The highest BCUT2D eigenvalue weighted by molar-refractivity contribution is 5.75. The summed E-state index contributed by atoms with van der Waals surface area (Å²) >= 11 is 0. The van der Waals surface area contributed by atoms with Crippen LogP contribution in [0.3, 0.4) is 0 Å². The Morgan fingerprint density at radius 3 is 2.79 bits per heavy atom. The van der Waals surface area contributed by atoms with Crippen molar-refractivity contribution in [1.82, 2.24) is 0 Å². The molecule has 0 saturated carbocycles. The lowest BCUT2D eigenvalue weighted by atomic mass is 10.3. The number of ether oxygens (including phenoxy) is 1. The summed E-state index contributed by atoms with van der Waals surface area (Å²) in [7, 11) is 0. The van der Waals surface area contributed by atoms with E-state index in [1.807, 2.05) is 0 Å². The SMILES string of the molecule is CC(=O)CCOc1cccc(F)c1F. The molecule has 0 aliphatic rings. The highest BCUT2D eigenvalue weighted by Gasteiger charge is 2.08. The molecule has 0 aromatic heterocycles. The summed E-state index contributed by atoms with van der Waals surface area (Å²) in [6.45, 7) is 1.47. The van der Waals surface area contributed by atoms with Crippen LogP contribution >= 0.6 is 0 Å². The van der Waals surface area contributed by atoms with Crippen molar-refractivity contribution in [2.24, 2.45) is 0 Å². The zero-order chi connectivity index (χ0) is 10.6. The van der Waals surface area contributed by atoms with E-state index < -0.39 is 11.6 Å². The summed E-state index contributed by atoms with van der Waals surface area (Å²) in [5, 5.41) is 0. The summed E-state index contributed by atoms with van der Waals surface area (Å²) in [5.74, 6) is -2.19. The van der Waals surface area contributed by atoms with Gasteiger partial charge in [-0.1, -0.05) is 6.07 Å². The van der Waals surface area contributed by atoms with Gasteiger partial charge in [-0.25, -0.2) is 4.39 Å². The summed E-state index contributed by atoms with van der Waals surface area (Å²) in [4.78, 5) is 10.5. The van der Waals surface area contributed by atoms with Crippen LogP contribution in [0.25, 0.3) is 0 Å². The highest BCUT2D eigenvalue weighted by Crippen LogP contribution is 2.18. The Morgan fingerprint density at radius 1 is 1.43 bits per heavy atom. The van der Waals surface area contributed by atoms with Crippen molar-refractivity contribution in [3.63, 3.8) is 0 Å². The molecule has 1 aromatic rings. The van der Waals surface area contributed by atoms with E-state index in [4.69, 9.17) is 4.74 Å². The van der Waals surface area contributed by atoms with Crippen molar-refractivity contribution in [1.29, 1.82) is 0 Å². The second-order valence-electron chi connectivity index (χ2n) is 2.85. The van der Waals surface area contributed by atoms with E-state index in [1.165, 1.54) is 19.1 Å². The first-order valence-corrected chi connectivity index (χ1v) is 4.17. The molecule has 0 saturated heterocycles. The van der Waals surface area contributed by atoms with Crippen molar-refractivity contribution in [3.8, 4) is 5.75 Å². The molecule has 0 spiro atoms. The van der Waals surface area contributed by atoms with Gasteiger partial charge in [0.1, 0.15) is 5.78 Å². The Hall–Kier alpha value is -1.45. The molecular formula is C10H10F2O2. The third-order valence-electron chi connectivity index (χ3n) is 1.63. The fourth-order valence-corrected chi connectivity index (χ4v) is 0.900. The zero-order valence-electron chi connectivity index (χ0n) is 7.72. The highest BCUT2D eigenvalue weighted by atomic mass is 19.2. The lowest BCUT2D eigenvalue weighted by Crippen LogP contribution is -2.04. The lowest BCUT2D eigenvalue weighted by Gasteiger charge is -2.05. The lowest BCUT2D eigenvalue weighted by molar-refractivity contribution is -0.117. The first kappa shape index (κ1) is 10.6. The van der Waals surface area contributed by atoms with E-state index in [-0.39, 0.29) is 24.6 Å². The summed E-state index contributed by atoms with van der Waals surface area (Å²) < 4.78 is 30.5. The van der Waals surface area contributed by atoms with Gasteiger partial charge in [0.15, 0.2) is 11.6 Å². The first-order valence-electron chi connectivity index (χ1n) is 4.17. The summed E-state index contributed by atoms with van der Waals surface area (Å²) in [5.41, 5.74) is 0. The van der Waals surface area contributed by atoms with E-state index in [2.05, 4.69) is 0 Å². The van der Waals surface area contributed by atoms with E-state index in [0.717, 1.165) is 6.07 Å². The summed E-state index contributed by atoms with van der Waals surface area (Å²) in [6.07, 6.45) is 0.190. The van der Waals surface area contributed by atoms with Crippen LogP contribution in [0.1, 0.15) is 13.3 Å². The second kappa shape index (κ2) is 4.69. The van der Waals surface area contributed by atoms with Gasteiger partial charge in [-0.2, -0.15) is 4.39 Å². The molecule has 14 heavy (non-hydrogen) atoms. The number of hydrogen-bond acceptors (Lipinski definition) is 2. The molecule has 0 heterocycles. The van der Waals surface area contributed by atoms with Crippen LogP contribution < -0.4 is 4.74 Å². The van der Waals surface area contributed by atoms with Gasteiger partial charge >= 0.3 is 0 Å². The topological polar surface area (TPSA) is 26.3 Å². The Morgan fingerprint density at radius 2 is 2.14 bits per heavy atom. The van der Waals surface area contributed by atoms with Gasteiger partial charge < -0.3 is 4.74 Å². The maximum absolute atomic E-state index is 12.9. The predicted octanol–water partition coefficient (Wildman–Crippen LogP) is 2.32. The van der Waals surface area contributed by atoms with Crippen molar-refractivity contribution in [2.45, 2.75) is 13.3 Å². The standard InChI is InChI=1S/C10H10F2O2/c1-7(13)5-6-14-9-4-2-3-8(11)10(9)12/h2-4H,5-6H2,1H3. The molecule has 4 heteroatoms. The average molecular weight is 200 g/mol. The van der Waals surface area contributed by atoms with Crippen molar-refractivity contribution < 1.29 is 18.3 Å². The van der Waals surface area contributed by atoms with Gasteiger partial charge in [-0.3, -0.25) is 4.79 Å². The quantitative estimate of drug-likeness (QED) is 0.745. The average Bonchev–Trinajstić information content (AvgIpc) is 2.12. The van der Waals surface area contributed by atoms with Crippen LogP contribution in [0.2, 0.25) is 0 Å². The number of halogens is 2. The zero-order valence-corrected chi connectivity index (χ0v) is 7.72. The third-order valence-corrected chi connectivity index (χ3v) is 1.63. The number of hydrogen-bond donors (Lipinski definition) is 0. The molecule has 2 nitrogen and oxygen atoms in total. The maximum atomic E-state index is 12.9. The van der Waals surface area contributed by atoms with Crippen LogP contribution in [0.4, 0.5) is 8.78 Å². The normalized spacial score (nSPS) is 9.93. The molecule has 0 bridgehead atoms. The molecule has 0 aliphatic heterocycles. The van der Waals surface area contributed by atoms with Crippen LogP contribution in [0.5, 0.6) is 5.75 Å². The van der Waals surface area contributed by atoms with Gasteiger partial charge in [0.25, 0.3) is 0 Å². The number of carbonyl (C=O) groups excluding carboxylic acids is 1. The molecule has 0 amide bonds. The van der Waals surface area contributed by atoms with E-state index in [1.54, 1.807) is 0 Å². The molecule has 0 unspecified atom stereocenters. The monoisotopic (exact) mass is 200 g/mol. The summed E-state index contributed by atoms with van der Waals surface area (Å²) in [6, 6.07) is 3.67. The third kappa shape index (κ3) is 2.80. The number of Topliss-reactive ketones (excluding diaryl/α,β-unsaturated/α-hetero) is 1. The minimum absolute atomic E-state index is 0.0539. The van der Waals surface area contributed by atoms with Gasteiger partial charge in [0.05, 0.1) is 6.61 Å². The molecule has 0 fully saturated rings. The molecule has 0 aliphatic carbocycles. The predicted molar refractivity (Wildman–Crippen MR) is 47.2 cm³/mol. The molecule has 0 N–H and O–H groups in total. The van der Waals surface area contributed by atoms with Gasteiger partial charge in [-0.05, 0) is 19.1 Å². The van der Waals surface area contributed by atoms with Crippen LogP contribution in [0.15, 0.2) is 18.2 Å². The van der Waals surface area contributed by atoms with Crippen molar-refractivity contribution in [3.05, 3.63) is 29.8 Å². The minimum atomic E-state index is -1.02. The van der Waals surface area contributed by atoms with Gasteiger partial charge in [-0.15, -0.1) is 0 Å². The van der Waals surface area contributed by atoms with Gasteiger partial charge in [0.2, 0.25) is 5.82 Å².